The van der Waals surface area contributed by atoms with Gasteiger partial charge < -0.3 is 5.73 Å². The van der Waals surface area contributed by atoms with Crippen LogP contribution < -0.4 is 5.73 Å². The SMILES string of the molecule is Cc1c(N)cnn1CCCC1CC1. The molecule has 2 rings (SSSR count). The highest BCUT2D eigenvalue weighted by Gasteiger charge is 2.20. The first-order valence-electron chi connectivity index (χ1n) is 5.05. The van der Waals surface area contributed by atoms with E-state index in [1.807, 2.05) is 11.6 Å². The molecular formula is C10H17N3. The van der Waals surface area contributed by atoms with Gasteiger partial charge in [-0.25, -0.2) is 0 Å². The van der Waals surface area contributed by atoms with Gasteiger partial charge in [0.05, 0.1) is 17.6 Å². The highest BCUT2D eigenvalue weighted by Crippen LogP contribution is 2.33. The van der Waals surface area contributed by atoms with Crippen molar-refractivity contribution < 1.29 is 0 Å². The largest absolute Gasteiger partial charge is 0.396 e. The lowest BCUT2D eigenvalue weighted by molar-refractivity contribution is 0.527. The van der Waals surface area contributed by atoms with Gasteiger partial charge in [0.25, 0.3) is 0 Å². The van der Waals surface area contributed by atoms with Gasteiger partial charge in [0.2, 0.25) is 0 Å². The molecule has 3 nitrogen and oxygen atoms in total. The Morgan fingerprint density at radius 1 is 1.62 bits per heavy atom. The number of rotatable bonds is 4. The summed E-state index contributed by atoms with van der Waals surface area (Å²) < 4.78 is 2.01. The molecule has 1 aromatic rings. The molecule has 0 unspecified atom stereocenters. The van der Waals surface area contributed by atoms with Crippen LogP contribution >= 0.6 is 0 Å². The molecule has 0 bridgehead atoms. The van der Waals surface area contributed by atoms with Gasteiger partial charge in [-0.1, -0.05) is 12.8 Å². The van der Waals surface area contributed by atoms with Gasteiger partial charge in [-0.05, 0) is 25.7 Å². The van der Waals surface area contributed by atoms with Gasteiger partial charge in [-0.2, -0.15) is 5.10 Å². The quantitative estimate of drug-likeness (QED) is 0.768. The van der Waals surface area contributed by atoms with E-state index in [2.05, 4.69) is 5.10 Å². The summed E-state index contributed by atoms with van der Waals surface area (Å²) in [7, 11) is 0. The van der Waals surface area contributed by atoms with Crippen molar-refractivity contribution in [3.8, 4) is 0 Å². The van der Waals surface area contributed by atoms with Crippen LogP contribution in [0.5, 0.6) is 0 Å². The molecule has 0 saturated heterocycles. The Balaban J connectivity index is 1.82. The zero-order valence-corrected chi connectivity index (χ0v) is 8.16. The van der Waals surface area contributed by atoms with Crippen LogP contribution in [0.25, 0.3) is 0 Å². The lowest BCUT2D eigenvalue weighted by Crippen LogP contribution is -2.03. The zero-order valence-electron chi connectivity index (χ0n) is 8.16. The van der Waals surface area contributed by atoms with Crippen molar-refractivity contribution in [1.82, 2.24) is 9.78 Å². The van der Waals surface area contributed by atoms with Crippen LogP contribution in [0.15, 0.2) is 6.20 Å². The van der Waals surface area contributed by atoms with Gasteiger partial charge >= 0.3 is 0 Å². The van der Waals surface area contributed by atoms with E-state index < -0.39 is 0 Å². The van der Waals surface area contributed by atoms with E-state index >= 15 is 0 Å². The number of anilines is 1. The first-order valence-corrected chi connectivity index (χ1v) is 5.05. The molecule has 0 aliphatic heterocycles. The van der Waals surface area contributed by atoms with Crippen molar-refractivity contribution >= 4 is 5.69 Å². The maximum Gasteiger partial charge on any atom is 0.0730 e. The van der Waals surface area contributed by atoms with E-state index in [4.69, 9.17) is 5.73 Å². The molecule has 13 heavy (non-hydrogen) atoms. The molecule has 3 heteroatoms. The standard InChI is InChI=1S/C10H17N3/c1-8-10(11)7-12-13(8)6-2-3-9-4-5-9/h7,9H,2-6,11H2,1H3. The summed E-state index contributed by atoms with van der Waals surface area (Å²) in [5.74, 6) is 1.02. The Labute approximate surface area is 78.9 Å². The lowest BCUT2D eigenvalue weighted by atomic mass is 10.2. The minimum Gasteiger partial charge on any atom is -0.396 e. The fourth-order valence-electron chi connectivity index (χ4n) is 1.62. The van der Waals surface area contributed by atoms with Crippen molar-refractivity contribution in [3.63, 3.8) is 0 Å². The molecule has 1 heterocycles. The van der Waals surface area contributed by atoms with E-state index in [-0.39, 0.29) is 0 Å². The minimum absolute atomic E-state index is 0.812. The monoisotopic (exact) mass is 179 g/mol. The minimum atomic E-state index is 0.812. The van der Waals surface area contributed by atoms with Crippen molar-refractivity contribution in [2.45, 2.75) is 39.2 Å². The predicted molar refractivity (Wildman–Crippen MR) is 53.3 cm³/mol. The fourth-order valence-corrected chi connectivity index (χ4v) is 1.62. The smallest absolute Gasteiger partial charge is 0.0730 e. The summed E-state index contributed by atoms with van der Waals surface area (Å²) in [5.41, 5.74) is 7.62. The third-order valence-corrected chi connectivity index (χ3v) is 2.82. The first kappa shape index (κ1) is 8.60. The molecule has 0 atom stereocenters. The van der Waals surface area contributed by atoms with Crippen LogP contribution in [-0.4, -0.2) is 9.78 Å². The summed E-state index contributed by atoms with van der Waals surface area (Å²) >= 11 is 0. The lowest BCUT2D eigenvalue weighted by Gasteiger charge is -2.03. The van der Waals surface area contributed by atoms with E-state index in [0.29, 0.717) is 0 Å². The normalized spacial score (nSPS) is 16.4. The summed E-state index contributed by atoms with van der Waals surface area (Å²) in [6.45, 7) is 3.05. The van der Waals surface area contributed by atoms with Gasteiger partial charge in [-0.15, -0.1) is 0 Å². The van der Waals surface area contributed by atoms with Crippen LogP contribution in [0.3, 0.4) is 0 Å². The molecule has 2 N–H and O–H groups in total. The number of nitrogen functional groups attached to an aromatic ring is 1. The van der Waals surface area contributed by atoms with E-state index in [1.54, 1.807) is 6.20 Å². The van der Waals surface area contributed by atoms with Crippen LogP contribution in [-0.2, 0) is 6.54 Å². The number of aromatic nitrogens is 2. The van der Waals surface area contributed by atoms with Crippen LogP contribution in [0.4, 0.5) is 5.69 Å². The van der Waals surface area contributed by atoms with Crippen molar-refractivity contribution in [3.05, 3.63) is 11.9 Å². The van der Waals surface area contributed by atoms with Crippen molar-refractivity contribution in [2.75, 3.05) is 5.73 Å². The maximum atomic E-state index is 5.70. The molecular weight excluding hydrogens is 162 g/mol. The van der Waals surface area contributed by atoms with Gasteiger partial charge in [0.15, 0.2) is 0 Å². The second kappa shape index (κ2) is 3.40. The van der Waals surface area contributed by atoms with Crippen LogP contribution in [0.2, 0.25) is 0 Å². The average molecular weight is 179 g/mol. The average Bonchev–Trinajstić information content (AvgIpc) is 2.88. The van der Waals surface area contributed by atoms with E-state index in [9.17, 15) is 0 Å². The predicted octanol–water partition coefficient (Wildman–Crippen LogP) is 1.96. The van der Waals surface area contributed by atoms with Gasteiger partial charge in [-0.3, -0.25) is 4.68 Å². The Morgan fingerprint density at radius 2 is 2.38 bits per heavy atom. The van der Waals surface area contributed by atoms with Crippen molar-refractivity contribution in [2.24, 2.45) is 5.92 Å². The number of hydrogen-bond donors (Lipinski definition) is 1. The zero-order chi connectivity index (χ0) is 9.26. The molecule has 1 aromatic heterocycles. The molecule has 1 aliphatic carbocycles. The third-order valence-electron chi connectivity index (χ3n) is 2.82. The Morgan fingerprint density at radius 3 is 2.92 bits per heavy atom. The van der Waals surface area contributed by atoms with Gasteiger partial charge in [0, 0.05) is 6.54 Å². The van der Waals surface area contributed by atoms with Crippen molar-refractivity contribution in [1.29, 1.82) is 0 Å². The van der Waals surface area contributed by atoms with Crippen LogP contribution in [0, 0.1) is 12.8 Å². The molecule has 0 spiro atoms. The first-order chi connectivity index (χ1) is 6.27. The fraction of sp³-hybridized carbons (Fsp3) is 0.700. The summed E-state index contributed by atoms with van der Waals surface area (Å²) in [5, 5.41) is 4.22. The highest BCUT2D eigenvalue weighted by atomic mass is 15.3. The number of hydrogen-bond acceptors (Lipinski definition) is 2. The summed E-state index contributed by atoms with van der Waals surface area (Å²) in [6, 6.07) is 0. The van der Waals surface area contributed by atoms with Gasteiger partial charge in [0.1, 0.15) is 0 Å². The van der Waals surface area contributed by atoms with E-state index in [1.165, 1.54) is 25.7 Å². The molecule has 72 valence electrons. The molecule has 1 saturated carbocycles. The number of nitrogens with zero attached hydrogens (tertiary/aromatic N) is 2. The number of aryl methyl sites for hydroxylation is 1. The molecule has 1 aliphatic rings. The van der Waals surface area contributed by atoms with Crippen LogP contribution in [0.1, 0.15) is 31.4 Å². The Kier molecular flexibility index (Phi) is 2.25. The second-order valence-electron chi connectivity index (χ2n) is 3.99. The number of nitrogens with two attached hydrogens (primary N) is 1. The summed E-state index contributed by atoms with van der Waals surface area (Å²) in [6.07, 6.45) is 7.23. The molecule has 0 amide bonds. The highest BCUT2D eigenvalue weighted by molar-refractivity contribution is 5.39. The Hall–Kier alpha value is -0.990. The molecule has 1 fully saturated rings. The topological polar surface area (TPSA) is 43.8 Å². The molecule has 0 radical (unpaired) electrons. The van der Waals surface area contributed by atoms with E-state index in [0.717, 1.165) is 23.8 Å². The summed E-state index contributed by atoms with van der Waals surface area (Å²) in [4.78, 5) is 0. The Bertz CT molecular complexity index is 286. The maximum absolute atomic E-state index is 5.70. The third kappa shape index (κ3) is 2.02. The second-order valence-corrected chi connectivity index (χ2v) is 3.99. The molecule has 0 aromatic carbocycles.